The Morgan fingerprint density at radius 1 is 1.29 bits per heavy atom. The summed E-state index contributed by atoms with van der Waals surface area (Å²) in [6.45, 7) is 1.58. The second-order valence-electron chi connectivity index (χ2n) is 7.86. The fourth-order valence-corrected chi connectivity index (χ4v) is 4.77. The molecule has 1 aromatic rings. The van der Waals surface area contributed by atoms with Crippen LogP contribution in [0.3, 0.4) is 0 Å². The van der Waals surface area contributed by atoms with Crippen molar-refractivity contribution in [1.82, 2.24) is 14.5 Å². The monoisotopic (exact) mass is 439 g/mol. The van der Waals surface area contributed by atoms with Gasteiger partial charge in [0.1, 0.15) is 5.54 Å². The molecule has 2 aliphatic heterocycles. The average Bonchev–Trinajstić information content (AvgIpc) is 2.87. The summed E-state index contributed by atoms with van der Waals surface area (Å²) in [4.78, 5) is 30.8. The summed E-state index contributed by atoms with van der Waals surface area (Å²) in [5.74, 6) is -0.271. The molecule has 2 unspecified atom stereocenters. The summed E-state index contributed by atoms with van der Waals surface area (Å²) >= 11 is 0. The molecule has 31 heavy (non-hydrogen) atoms. The number of nitrogens with zero attached hydrogens (tertiary/aromatic N) is 4. The maximum Gasteiger partial charge on any atom is 0.360 e. The molecule has 4 rings (SSSR count). The highest BCUT2D eigenvalue weighted by molar-refractivity contribution is 7.88. The number of nitriles is 1. The minimum atomic E-state index is -3.77. The average molecular weight is 439 g/mol. The van der Waals surface area contributed by atoms with Crippen LogP contribution in [-0.4, -0.2) is 60.4 Å². The molecule has 3 amide bonds. The Kier molecular flexibility index (Phi) is 4.94. The number of amides is 3. The highest BCUT2D eigenvalue weighted by atomic mass is 32.2. The molecule has 0 radical (unpaired) electrons. The second-order valence-corrected chi connectivity index (χ2v) is 9.77. The van der Waals surface area contributed by atoms with E-state index in [0.717, 1.165) is 23.8 Å². The number of benzene rings is 1. The Labute approximate surface area is 180 Å². The molecule has 2 atom stereocenters. The summed E-state index contributed by atoms with van der Waals surface area (Å²) < 4.78 is 24.3. The Bertz CT molecular complexity index is 1210. The minimum Gasteiger partial charge on any atom is -0.338 e. The Hall–Kier alpha value is -3.45. The van der Waals surface area contributed by atoms with Crippen LogP contribution in [-0.2, 0) is 14.8 Å². The molecule has 160 valence electrons. The third-order valence-electron chi connectivity index (χ3n) is 5.72. The maximum atomic E-state index is 13.3. The third-order valence-corrected chi connectivity index (χ3v) is 6.86. The molecule has 0 bridgehead atoms. The number of guanidine groups is 1. The first kappa shape index (κ1) is 20.8. The lowest BCUT2D eigenvalue weighted by Gasteiger charge is -2.28. The van der Waals surface area contributed by atoms with Crippen molar-refractivity contribution in [3.8, 4) is 6.07 Å². The van der Waals surface area contributed by atoms with E-state index in [1.54, 1.807) is 13.0 Å². The Morgan fingerprint density at radius 2 is 2.06 bits per heavy atom. The van der Waals surface area contributed by atoms with Crippen molar-refractivity contribution in [2.45, 2.75) is 24.8 Å². The molecule has 1 saturated heterocycles. The molecule has 0 spiro atoms. The SMILES string of the molecule is CC1(C2=CC(c3cccc(C#N)c3)CC=C2)NC2=NC(=O)N(S(C)(=O)=O)CCN2C1=O. The van der Waals surface area contributed by atoms with Crippen LogP contribution in [0.2, 0.25) is 0 Å². The lowest BCUT2D eigenvalue weighted by molar-refractivity contribution is -0.129. The molecular weight excluding hydrogens is 418 g/mol. The van der Waals surface area contributed by atoms with Crippen LogP contribution in [0.25, 0.3) is 0 Å². The number of hydrogen-bond acceptors (Lipinski definition) is 6. The van der Waals surface area contributed by atoms with Gasteiger partial charge in [-0.1, -0.05) is 30.4 Å². The molecule has 0 saturated carbocycles. The molecule has 1 aliphatic carbocycles. The van der Waals surface area contributed by atoms with Gasteiger partial charge in [-0.2, -0.15) is 10.3 Å². The van der Waals surface area contributed by atoms with Crippen molar-refractivity contribution < 1.29 is 18.0 Å². The van der Waals surface area contributed by atoms with E-state index in [1.807, 2.05) is 36.4 Å². The zero-order valence-corrected chi connectivity index (χ0v) is 17.9. The first-order chi connectivity index (χ1) is 14.6. The van der Waals surface area contributed by atoms with E-state index < -0.39 is 21.6 Å². The number of fused-ring (bicyclic) bond motifs is 1. The van der Waals surface area contributed by atoms with Crippen molar-refractivity contribution in [3.05, 3.63) is 59.2 Å². The Morgan fingerprint density at radius 3 is 2.77 bits per heavy atom. The predicted molar refractivity (Wildman–Crippen MR) is 113 cm³/mol. The summed E-state index contributed by atoms with van der Waals surface area (Å²) in [6.07, 6.45) is 7.49. The van der Waals surface area contributed by atoms with Crippen molar-refractivity contribution in [1.29, 1.82) is 5.26 Å². The predicted octanol–water partition coefficient (Wildman–Crippen LogP) is 1.47. The Balaban J connectivity index is 1.66. The smallest absolute Gasteiger partial charge is 0.338 e. The van der Waals surface area contributed by atoms with E-state index in [9.17, 15) is 23.3 Å². The maximum absolute atomic E-state index is 13.3. The molecule has 1 N–H and O–H groups in total. The van der Waals surface area contributed by atoms with Gasteiger partial charge in [0.2, 0.25) is 16.0 Å². The summed E-state index contributed by atoms with van der Waals surface area (Å²) in [7, 11) is -3.77. The van der Waals surface area contributed by atoms with Crippen LogP contribution in [0.5, 0.6) is 0 Å². The summed E-state index contributed by atoms with van der Waals surface area (Å²) in [5.41, 5.74) is 1.12. The number of rotatable bonds is 3. The summed E-state index contributed by atoms with van der Waals surface area (Å²) in [6, 6.07) is 8.56. The van der Waals surface area contributed by atoms with Gasteiger partial charge in [0, 0.05) is 12.5 Å². The highest BCUT2D eigenvalue weighted by Crippen LogP contribution is 2.35. The van der Waals surface area contributed by atoms with Crippen molar-refractivity contribution in [2.24, 2.45) is 4.99 Å². The lowest BCUT2D eigenvalue weighted by Crippen LogP contribution is -2.47. The first-order valence-electron chi connectivity index (χ1n) is 9.73. The van der Waals surface area contributed by atoms with E-state index in [-0.39, 0.29) is 30.9 Å². The quantitative estimate of drug-likeness (QED) is 0.761. The van der Waals surface area contributed by atoms with E-state index in [4.69, 9.17) is 0 Å². The van der Waals surface area contributed by atoms with Crippen LogP contribution in [0.4, 0.5) is 4.79 Å². The molecule has 10 heteroatoms. The molecular formula is C21H21N5O4S. The van der Waals surface area contributed by atoms with Crippen molar-refractivity contribution >= 4 is 27.9 Å². The van der Waals surface area contributed by atoms with Crippen LogP contribution >= 0.6 is 0 Å². The zero-order chi connectivity index (χ0) is 22.4. The lowest BCUT2D eigenvalue weighted by atomic mass is 9.82. The molecule has 1 fully saturated rings. The van der Waals surface area contributed by atoms with Crippen LogP contribution in [0.1, 0.15) is 30.4 Å². The topological polar surface area (TPSA) is 123 Å². The van der Waals surface area contributed by atoms with Crippen LogP contribution in [0.15, 0.2) is 53.1 Å². The van der Waals surface area contributed by atoms with Crippen molar-refractivity contribution in [2.75, 3.05) is 19.3 Å². The van der Waals surface area contributed by atoms with E-state index in [2.05, 4.69) is 16.4 Å². The van der Waals surface area contributed by atoms with E-state index >= 15 is 0 Å². The van der Waals surface area contributed by atoms with Gasteiger partial charge in [0.05, 0.1) is 24.4 Å². The molecule has 1 aromatic carbocycles. The fraction of sp³-hybridized carbons (Fsp3) is 0.333. The highest BCUT2D eigenvalue weighted by Gasteiger charge is 2.50. The summed E-state index contributed by atoms with van der Waals surface area (Å²) in [5, 5.41) is 12.2. The number of nitrogens with one attached hydrogen (secondary N) is 1. The minimum absolute atomic E-state index is 0.00979. The number of allylic oxidation sites excluding steroid dienone is 2. The molecule has 0 aromatic heterocycles. The number of carbonyl (C=O) groups excluding carboxylic acids is 2. The second kappa shape index (κ2) is 7.35. The van der Waals surface area contributed by atoms with Gasteiger partial charge in [-0.25, -0.2) is 17.5 Å². The molecule has 2 heterocycles. The van der Waals surface area contributed by atoms with Crippen LogP contribution < -0.4 is 5.32 Å². The van der Waals surface area contributed by atoms with Gasteiger partial charge < -0.3 is 5.32 Å². The van der Waals surface area contributed by atoms with Gasteiger partial charge in [-0.15, -0.1) is 0 Å². The fourth-order valence-electron chi connectivity index (χ4n) is 4.03. The number of aliphatic imine (C=N–C) groups is 1. The number of carbonyl (C=O) groups is 2. The van der Waals surface area contributed by atoms with Gasteiger partial charge >= 0.3 is 6.03 Å². The van der Waals surface area contributed by atoms with Gasteiger partial charge in [-0.3, -0.25) is 9.69 Å². The number of sulfonamides is 1. The third kappa shape index (κ3) is 3.61. The number of hydrogen-bond donors (Lipinski definition) is 1. The first-order valence-corrected chi connectivity index (χ1v) is 11.6. The van der Waals surface area contributed by atoms with Gasteiger partial charge in [0.15, 0.2) is 0 Å². The van der Waals surface area contributed by atoms with Crippen LogP contribution in [0, 0.1) is 11.3 Å². The largest absolute Gasteiger partial charge is 0.360 e. The van der Waals surface area contributed by atoms with Crippen molar-refractivity contribution in [3.63, 3.8) is 0 Å². The van der Waals surface area contributed by atoms with Gasteiger partial charge in [0.25, 0.3) is 5.91 Å². The van der Waals surface area contributed by atoms with Gasteiger partial charge in [-0.05, 0) is 36.6 Å². The molecule has 9 nitrogen and oxygen atoms in total. The standard InChI is InChI=1S/C21H21N5O4S/c1-21(17-8-4-7-16(12-17)15-6-3-5-14(11-15)13-22)18(27)25-9-10-26(31(2,29)30)20(28)23-19(25)24-21/h3-6,8,11-12,16H,7,9-10H2,1-2H3,(H,23,24,28). The van der Waals surface area contributed by atoms with E-state index in [0.29, 0.717) is 9.87 Å². The van der Waals surface area contributed by atoms with E-state index in [1.165, 1.54) is 4.90 Å². The molecule has 3 aliphatic rings. The zero-order valence-electron chi connectivity index (χ0n) is 17.1. The number of urea groups is 1. The normalized spacial score (nSPS) is 25.9.